The van der Waals surface area contributed by atoms with Crippen molar-refractivity contribution in [3.63, 3.8) is 0 Å². The van der Waals surface area contributed by atoms with Gasteiger partial charge in [0, 0.05) is 6.42 Å². The van der Waals surface area contributed by atoms with Gasteiger partial charge >= 0.3 is 0 Å². The van der Waals surface area contributed by atoms with Gasteiger partial charge in [-0.2, -0.15) is 0 Å². The summed E-state index contributed by atoms with van der Waals surface area (Å²) in [6.45, 7) is 0. The first-order chi connectivity index (χ1) is 6.75. The van der Waals surface area contributed by atoms with Gasteiger partial charge in [-0.15, -0.1) is 5.76 Å². The Bertz CT molecular complexity index is 365. The maximum atomic E-state index is 11.2. The highest BCUT2D eigenvalue weighted by Crippen LogP contribution is 2.28. The fraction of sp³-hybridized carbons (Fsp3) is 0.250. The van der Waals surface area contributed by atoms with Crippen LogP contribution in [-0.4, -0.2) is 5.78 Å². The first kappa shape index (κ1) is 9.00. The van der Waals surface area contributed by atoms with Gasteiger partial charge < -0.3 is 5.11 Å². The number of hydrogen-bond acceptors (Lipinski definition) is 2. The van der Waals surface area contributed by atoms with Crippen LogP contribution in [0.1, 0.15) is 24.3 Å². The summed E-state index contributed by atoms with van der Waals surface area (Å²) in [6.07, 6.45) is 2.16. The molecule has 0 radical (unpaired) electrons. The van der Waals surface area contributed by atoms with Crippen LogP contribution in [0.5, 0.6) is 0 Å². The Morgan fingerprint density at radius 3 is 2.50 bits per heavy atom. The standard InChI is InChI=1S/C12H12O2/c13-11-6-10(7-12(14)8-11)9-4-2-1-3-5-9/h1-5,8,10,13H,6-7H2/p-1/t10-/m1/s1. The zero-order valence-corrected chi connectivity index (χ0v) is 7.77. The first-order valence-electron chi connectivity index (χ1n) is 4.71. The van der Waals surface area contributed by atoms with Crippen LogP contribution < -0.4 is 5.11 Å². The molecule has 2 heteroatoms. The topological polar surface area (TPSA) is 40.1 Å². The van der Waals surface area contributed by atoms with E-state index in [1.54, 1.807) is 0 Å². The molecule has 0 aromatic heterocycles. The highest BCUT2D eigenvalue weighted by atomic mass is 16.3. The number of carbonyl (C=O) groups excluding carboxylic acids is 1. The third-order valence-corrected chi connectivity index (χ3v) is 2.49. The van der Waals surface area contributed by atoms with Gasteiger partial charge in [0.05, 0.1) is 0 Å². The minimum absolute atomic E-state index is 0.0462. The van der Waals surface area contributed by atoms with E-state index in [0.29, 0.717) is 12.8 Å². The SMILES string of the molecule is O=C1C=C([O-])C[C@@H](c2ccccc2)C1. The van der Waals surface area contributed by atoms with E-state index in [9.17, 15) is 9.90 Å². The lowest BCUT2D eigenvalue weighted by Gasteiger charge is -2.25. The molecule has 72 valence electrons. The Labute approximate surface area is 82.9 Å². The summed E-state index contributed by atoms with van der Waals surface area (Å²) in [5, 5.41) is 11.2. The van der Waals surface area contributed by atoms with Crippen LogP contribution in [0.2, 0.25) is 0 Å². The second-order valence-corrected chi connectivity index (χ2v) is 3.59. The average Bonchev–Trinajstić information content (AvgIpc) is 2.18. The molecule has 0 fully saturated rings. The van der Waals surface area contributed by atoms with Gasteiger partial charge in [-0.1, -0.05) is 30.3 Å². The predicted molar refractivity (Wildman–Crippen MR) is 51.5 cm³/mol. The van der Waals surface area contributed by atoms with Crippen molar-refractivity contribution in [1.29, 1.82) is 0 Å². The maximum absolute atomic E-state index is 11.2. The zero-order valence-electron chi connectivity index (χ0n) is 7.77. The molecule has 2 nitrogen and oxygen atoms in total. The Kier molecular flexibility index (Phi) is 2.35. The van der Waals surface area contributed by atoms with Crippen LogP contribution in [0.4, 0.5) is 0 Å². The number of rotatable bonds is 1. The summed E-state index contributed by atoms with van der Waals surface area (Å²) in [5.74, 6) is -0.00796. The summed E-state index contributed by atoms with van der Waals surface area (Å²) in [5.41, 5.74) is 1.09. The maximum Gasteiger partial charge on any atom is 0.155 e. The second-order valence-electron chi connectivity index (χ2n) is 3.59. The number of ketones is 1. The van der Waals surface area contributed by atoms with E-state index in [1.165, 1.54) is 6.08 Å². The molecule has 0 spiro atoms. The van der Waals surface area contributed by atoms with Crippen molar-refractivity contribution < 1.29 is 9.90 Å². The van der Waals surface area contributed by atoms with Gasteiger partial charge in [-0.05, 0) is 24.0 Å². The molecule has 1 aliphatic rings. The Balaban J connectivity index is 2.22. The molecule has 14 heavy (non-hydrogen) atoms. The Hall–Kier alpha value is -1.57. The minimum Gasteiger partial charge on any atom is -0.875 e. The molecular formula is C12H11O2-. The molecule has 0 aliphatic heterocycles. The molecule has 0 unspecified atom stereocenters. The van der Waals surface area contributed by atoms with Crippen LogP contribution in [0.25, 0.3) is 0 Å². The van der Waals surface area contributed by atoms with Crippen molar-refractivity contribution in [2.45, 2.75) is 18.8 Å². The highest BCUT2D eigenvalue weighted by molar-refractivity contribution is 5.91. The minimum atomic E-state index is -0.0462. The van der Waals surface area contributed by atoms with Crippen LogP contribution in [0, 0.1) is 0 Å². The van der Waals surface area contributed by atoms with Crippen molar-refractivity contribution in [2.24, 2.45) is 0 Å². The molecule has 0 saturated carbocycles. The lowest BCUT2D eigenvalue weighted by molar-refractivity contribution is -0.308. The lowest BCUT2D eigenvalue weighted by atomic mass is 9.86. The predicted octanol–water partition coefficient (Wildman–Crippen LogP) is 1.38. The van der Waals surface area contributed by atoms with E-state index in [2.05, 4.69) is 0 Å². The van der Waals surface area contributed by atoms with Crippen molar-refractivity contribution in [3.05, 3.63) is 47.7 Å². The summed E-state index contributed by atoms with van der Waals surface area (Å²) in [4.78, 5) is 11.2. The van der Waals surface area contributed by atoms with E-state index in [4.69, 9.17) is 0 Å². The molecule has 1 atom stereocenters. The molecule has 0 N–H and O–H groups in total. The average molecular weight is 187 g/mol. The van der Waals surface area contributed by atoms with Crippen LogP contribution >= 0.6 is 0 Å². The summed E-state index contributed by atoms with van der Waals surface area (Å²) in [6, 6.07) is 9.74. The third kappa shape index (κ3) is 1.84. The summed E-state index contributed by atoms with van der Waals surface area (Å²) >= 11 is 0. The fourth-order valence-corrected chi connectivity index (χ4v) is 1.82. The largest absolute Gasteiger partial charge is 0.875 e. The Morgan fingerprint density at radius 2 is 1.86 bits per heavy atom. The third-order valence-electron chi connectivity index (χ3n) is 2.49. The molecule has 2 rings (SSSR count). The summed E-state index contributed by atoms with van der Waals surface area (Å²) < 4.78 is 0. The molecule has 1 aromatic rings. The number of benzene rings is 1. The van der Waals surface area contributed by atoms with Gasteiger partial charge in [0.2, 0.25) is 0 Å². The summed E-state index contributed by atoms with van der Waals surface area (Å²) in [7, 11) is 0. The monoisotopic (exact) mass is 187 g/mol. The fourth-order valence-electron chi connectivity index (χ4n) is 1.82. The molecule has 1 aliphatic carbocycles. The van der Waals surface area contributed by atoms with E-state index in [-0.39, 0.29) is 17.5 Å². The van der Waals surface area contributed by atoms with E-state index < -0.39 is 0 Å². The van der Waals surface area contributed by atoms with Crippen molar-refractivity contribution >= 4 is 5.78 Å². The quantitative estimate of drug-likeness (QED) is 0.666. The first-order valence-corrected chi connectivity index (χ1v) is 4.71. The molecule has 0 heterocycles. The smallest absolute Gasteiger partial charge is 0.155 e. The van der Waals surface area contributed by atoms with Gasteiger partial charge in [-0.25, -0.2) is 0 Å². The highest BCUT2D eigenvalue weighted by Gasteiger charge is 2.17. The van der Waals surface area contributed by atoms with Gasteiger partial charge in [0.1, 0.15) is 0 Å². The Morgan fingerprint density at radius 1 is 1.14 bits per heavy atom. The van der Waals surface area contributed by atoms with Crippen LogP contribution in [0.3, 0.4) is 0 Å². The van der Waals surface area contributed by atoms with E-state index >= 15 is 0 Å². The normalized spacial score (nSPS) is 21.9. The number of carbonyl (C=O) groups is 1. The number of allylic oxidation sites excluding steroid dienone is 2. The van der Waals surface area contributed by atoms with Crippen LogP contribution in [0.15, 0.2) is 42.2 Å². The lowest BCUT2D eigenvalue weighted by Crippen LogP contribution is -2.18. The van der Waals surface area contributed by atoms with Crippen molar-refractivity contribution in [3.8, 4) is 0 Å². The van der Waals surface area contributed by atoms with Crippen LogP contribution in [-0.2, 0) is 4.79 Å². The second kappa shape index (κ2) is 3.66. The van der Waals surface area contributed by atoms with Gasteiger partial charge in [0.25, 0.3) is 0 Å². The number of hydrogen-bond donors (Lipinski definition) is 0. The van der Waals surface area contributed by atoms with E-state index in [1.807, 2.05) is 30.3 Å². The molecular weight excluding hydrogens is 176 g/mol. The van der Waals surface area contributed by atoms with Crippen molar-refractivity contribution in [2.75, 3.05) is 0 Å². The molecule has 0 saturated heterocycles. The van der Waals surface area contributed by atoms with Gasteiger partial charge in [0.15, 0.2) is 5.78 Å². The van der Waals surface area contributed by atoms with Gasteiger partial charge in [-0.3, -0.25) is 4.79 Å². The van der Waals surface area contributed by atoms with E-state index in [0.717, 1.165) is 5.56 Å². The molecule has 1 aromatic carbocycles. The molecule has 0 bridgehead atoms. The molecule has 0 amide bonds. The van der Waals surface area contributed by atoms with Crippen molar-refractivity contribution in [1.82, 2.24) is 0 Å². The zero-order chi connectivity index (χ0) is 9.97.